The van der Waals surface area contributed by atoms with Crippen molar-refractivity contribution < 1.29 is 8.85 Å². The van der Waals surface area contributed by atoms with Crippen LogP contribution >= 0.6 is 0 Å². The highest BCUT2D eigenvalue weighted by Crippen LogP contribution is 2.48. The molecule has 2 aliphatic rings. The number of allylic oxidation sites excluding steroid dienone is 2. The molecule has 0 spiro atoms. The summed E-state index contributed by atoms with van der Waals surface area (Å²) in [5.41, 5.74) is 1.66. The minimum Gasteiger partial charge on any atom is -0.397 e. The first-order valence-corrected chi connectivity index (χ1v) is 6.54. The summed E-state index contributed by atoms with van der Waals surface area (Å²) in [7, 11) is 2.12. The molecule has 0 heterocycles. The molecule has 2 atom stereocenters. The maximum atomic E-state index is 5.43. The highest BCUT2D eigenvalue weighted by atomic mass is 28.3. The predicted molar refractivity (Wildman–Crippen MR) is 54.7 cm³/mol. The lowest BCUT2D eigenvalue weighted by Gasteiger charge is -2.21. The highest BCUT2D eigenvalue weighted by molar-refractivity contribution is 6.54. The van der Waals surface area contributed by atoms with Crippen molar-refractivity contribution in [2.45, 2.75) is 26.2 Å². The Morgan fingerprint density at radius 3 is 2.23 bits per heavy atom. The maximum absolute atomic E-state index is 5.43. The molecule has 2 unspecified atom stereocenters. The van der Waals surface area contributed by atoms with Crippen molar-refractivity contribution in [3.63, 3.8) is 0 Å². The Bertz CT molecular complexity index is 233. The van der Waals surface area contributed by atoms with E-state index in [2.05, 4.69) is 6.92 Å². The van der Waals surface area contributed by atoms with E-state index in [1.165, 1.54) is 19.3 Å². The van der Waals surface area contributed by atoms with E-state index in [-0.39, 0.29) is 0 Å². The molecule has 3 heteroatoms. The molecule has 0 aromatic carbocycles. The summed E-state index contributed by atoms with van der Waals surface area (Å²) in [6.45, 7) is 2.37. The Morgan fingerprint density at radius 1 is 1.15 bits per heavy atom. The van der Waals surface area contributed by atoms with Crippen molar-refractivity contribution in [1.29, 1.82) is 0 Å². The summed E-state index contributed by atoms with van der Waals surface area (Å²) in [5.74, 6) is 1.81. The van der Waals surface area contributed by atoms with Crippen LogP contribution in [0.4, 0.5) is 0 Å². The second-order valence-corrected chi connectivity index (χ2v) is 6.59. The molecule has 0 amide bonds. The average molecular weight is 198 g/mol. The van der Waals surface area contributed by atoms with Gasteiger partial charge in [0.25, 0.3) is 0 Å². The Hall–Kier alpha value is -0.123. The Labute approximate surface area is 81.8 Å². The highest BCUT2D eigenvalue weighted by Gasteiger charge is 2.39. The van der Waals surface area contributed by atoms with Gasteiger partial charge >= 0.3 is 9.28 Å². The van der Waals surface area contributed by atoms with Crippen LogP contribution in [0.5, 0.6) is 0 Å². The molecule has 0 aromatic rings. The maximum Gasteiger partial charge on any atom is 0.351 e. The van der Waals surface area contributed by atoms with Crippen LogP contribution in [0.1, 0.15) is 26.2 Å². The quantitative estimate of drug-likeness (QED) is 0.644. The van der Waals surface area contributed by atoms with E-state index in [9.17, 15) is 0 Å². The lowest BCUT2D eigenvalue weighted by Crippen LogP contribution is -2.25. The molecule has 0 saturated heterocycles. The normalized spacial score (nSPS) is 32.3. The van der Waals surface area contributed by atoms with Gasteiger partial charge < -0.3 is 8.85 Å². The standard InChI is InChI=1S/C10H18O2Si/c1-7-4-9-5-8(7)6-10(9)13(11-2)12-3/h7-8,13H,4-6H2,1-3H3. The SMILES string of the molecule is CO[SiH](OC)C1=C2CC(C)C(C2)C1. The van der Waals surface area contributed by atoms with E-state index in [0.29, 0.717) is 0 Å². The van der Waals surface area contributed by atoms with Gasteiger partial charge in [0.05, 0.1) is 0 Å². The molecule has 2 nitrogen and oxygen atoms in total. The zero-order chi connectivity index (χ0) is 9.42. The molecule has 0 radical (unpaired) electrons. The minimum atomic E-state index is -1.44. The molecular weight excluding hydrogens is 180 g/mol. The predicted octanol–water partition coefficient (Wildman–Crippen LogP) is 1.79. The van der Waals surface area contributed by atoms with Crippen LogP contribution in [-0.2, 0) is 8.85 Å². The molecule has 0 aliphatic heterocycles. The zero-order valence-electron chi connectivity index (χ0n) is 8.67. The lowest BCUT2D eigenvalue weighted by molar-refractivity contribution is 0.282. The summed E-state index contributed by atoms with van der Waals surface area (Å²) in [6.07, 6.45) is 3.89. The fraction of sp³-hybridized carbons (Fsp3) is 0.800. The van der Waals surface area contributed by atoms with Crippen LogP contribution in [0.25, 0.3) is 0 Å². The summed E-state index contributed by atoms with van der Waals surface area (Å²) < 4.78 is 10.9. The van der Waals surface area contributed by atoms with Crippen LogP contribution in [0.15, 0.2) is 10.8 Å². The van der Waals surface area contributed by atoms with Crippen molar-refractivity contribution in [2.24, 2.45) is 11.8 Å². The van der Waals surface area contributed by atoms with E-state index < -0.39 is 9.28 Å². The van der Waals surface area contributed by atoms with E-state index in [4.69, 9.17) is 8.85 Å². The third-order valence-corrected chi connectivity index (χ3v) is 5.60. The van der Waals surface area contributed by atoms with Gasteiger partial charge in [-0.1, -0.05) is 12.5 Å². The number of hydrogen-bond acceptors (Lipinski definition) is 2. The van der Waals surface area contributed by atoms with E-state index >= 15 is 0 Å². The fourth-order valence-corrected chi connectivity index (χ4v) is 4.59. The van der Waals surface area contributed by atoms with Crippen LogP contribution < -0.4 is 0 Å². The van der Waals surface area contributed by atoms with Crippen LogP contribution in [0.3, 0.4) is 0 Å². The first-order chi connectivity index (χ1) is 6.26. The third-order valence-electron chi connectivity index (χ3n) is 3.53. The topological polar surface area (TPSA) is 18.5 Å². The Balaban J connectivity index is 2.13. The van der Waals surface area contributed by atoms with Gasteiger partial charge in [0, 0.05) is 14.2 Å². The molecular formula is C10H18O2Si. The van der Waals surface area contributed by atoms with Gasteiger partial charge in [-0.25, -0.2) is 0 Å². The van der Waals surface area contributed by atoms with Gasteiger partial charge in [0.1, 0.15) is 0 Å². The largest absolute Gasteiger partial charge is 0.397 e. The number of hydrogen-bond donors (Lipinski definition) is 0. The molecule has 2 bridgehead atoms. The summed E-state index contributed by atoms with van der Waals surface area (Å²) in [6, 6.07) is 0. The Morgan fingerprint density at radius 2 is 1.85 bits per heavy atom. The molecule has 0 aromatic heterocycles. The van der Waals surface area contributed by atoms with E-state index in [1.807, 2.05) is 0 Å². The van der Waals surface area contributed by atoms with Crippen molar-refractivity contribution in [3.05, 3.63) is 10.8 Å². The molecule has 74 valence electrons. The van der Waals surface area contributed by atoms with Crippen LogP contribution in [0.2, 0.25) is 0 Å². The van der Waals surface area contributed by atoms with Gasteiger partial charge in [-0.15, -0.1) is 0 Å². The number of rotatable bonds is 3. The fourth-order valence-electron chi connectivity index (χ4n) is 2.76. The lowest BCUT2D eigenvalue weighted by atomic mass is 9.94. The Kier molecular flexibility index (Phi) is 2.58. The second kappa shape index (κ2) is 3.56. The first kappa shape index (κ1) is 9.43. The third kappa shape index (κ3) is 1.49. The zero-order valence-corrected chi connectivity index (χ0v) is 9.82. The molecule has 1 saturated carbocycles. The minimum absolute atomic E-state index is 0.905. The van der Waals surface area contributed by atoms with E-state index in [1.54, 1.807) is 25.0 Å². The summed E-state index contributed by atoms with van der Waals surface area (Å²) in [4.78, 5) is 0. The first-order valence-electron chi connectivity index (χ1n) is 5.02. The van der Waals surface area contributed by atoms with Gasteiger partial charge in [-0.05, 0) is 36.3 Å². The van der Waals surface area contributed by atoms with Crippen LogP contribution in [0, 0.1) is 11.8 Å². The van der Waals surface area contributed by atoms with Crippen LogP contribution in [-0.4, -0.2) is 23.5 Å². The molecule has 0 N–H and O–H groups in total. The van der Waals surface area contributed by atoms with Gasteiger partial charge in [0.15, 0.2) is 0 Å². The average Bonchev–Trinajstić information content (AvgIpc) is 2.65. The van der Waals surface area contributed by atoms with E-state index in [0.717, 1.165) is 11.8 Å². The second-order valence-electron chi connectivity index (χ2n) is 4.28. The van der Waals surface area contributed by atoms with Crippen molar-refractivity contribution >= 4 is 9.28 Å². The monoisotopic (exact) mass is 198 g/mol. The molecule has 2 aliphatic carbocycles. The van der Waals surface area contributed by atoms with Gasteiger partial charge in [-0.3, -0.25) is 0 Å². The molecule has 13 heavy (non-hydrogen) atoms. The smallest absolute Gasteiger partial charge is 0.351 e. The van der Waals surface area contributed by atoms with Gasteiger partial charge in [0.2, 0.25) is 0 Å². The van der Waals surface area contributed by atoms with Crippen molar-refractivity contribution in [3.8, 4) is 0 Å². The van der Waals surface area contributed by atoms with Crippen molar-refractivity contribution in [2.75, 3.05) is 14.2 Å². The van der Waals surface area contributed by atoms with Crippen molar-refractivity contribution in [1.82, 2.24) is 0 Å². The molecule has 1 fully saturated rings. The van der Waals surface area contributed by atoms with Gasteiger partial charge in [-0.2, -0.15) is 0 Å². The number of fused-ring (bicyclic) bond motifs is 2. The summed E-state index contributed by atoms with van der Waals surface area (Å²) in [5, 5.41) is 1.56. The summed E-state index contributed by atoms with van der Waals surface area (Å²) >= 11 is 0. The molecule has 2 rings (SSSR count).